The van der Waals surface area contributed by atoms with Crippen LogP contribution in [0.1, 0.15) is 5.56 Å². The molecule has 0 atom stereocenters. The van der Waals surface area contributed by atoms with Gasteiger partial charge in [0.05, 0.1) is 13.3 Å². The average molecular weight is 375 g/mol. The largest absolute Gasteiger partial charge is 0.497 e. The minimum atomic E-state index is -0.570. The van der Waals surface area contributed by atoms with Crippen molar-refractivity contribution in [3.8, 4) is 17.2 Å². The number of fused-ring (bicyclic) bond motifs is 1. The third-order valence-corrected chi connectivity index (χ3v) is 4.08. The maximum absolute atomic E-state index is 12.0. The first-order valence-electron chi connectivity index (χ1n) is 8.55. The molecule has 3 aromatic heterocycles. The van der Waals surface area contributed by atoms with Crippen molar-refractivity contribution in [2.75, 3.05) is 7.11 Å². The summed E-state index contributed by atoms with van der Waals surface area (Å²) in [6, 6.07) is 12.9. The van der Waals surface area contributed by atoms with Crippen molar-refractivity contribution in [2.45, 2.75) is 6.54 Å². The van der Waals surface area contributed by atoms with E-state index in [2.05, 4.69) is 20.3 Å². The minimum Gasteiger partial charge on any atom is -0.497 e. The molecule has 0 aliphatic rings. The number of hydrogen-bond donors (Lipinski definition) is 1. The van der Waals surface area contributed by atoms with Gasteiger partial charge in [-0.05, 0) is 35.9 Å². The fraction of sp³-hybridized carbons (Fsp3) is 0.100. The number of imidazole rings is 1. The average Bonchev–Trinajstić information content (AvgIpc) is 3.16. The van der Waals surface area contributed by atoms with Crippen LogP contribution in [0.15, 0.2) is 67.4 Å². The van der Waals surface area contributed by atoms with Crippen molar-refractivity contribution in [1.82, 2.24) is 24.8 Å². The van der Waals surface area contributed by atoms with Crippen LogP contribution in [0.2, 0.25) is 0 Å². The number of ether oxygens (including phenoxy) is 2. The molecule has 28 heavy (non-hydrogen) atoms. The summed E-state index contributed by atoms with van der Waals surface area (Å²) in [6.07, 6.45) is 5.95. The summed E-state index contributed by atoms with van der Waals surface area (Å²) < 4.78 is 12.3. The van der Waals surface area contributed by atoms with Gasteiger partial charge >= 0.3 is 6.09 Å². The van der Waals surface area contributed by atoms with Crippen LogP contribution in [0.25, 0.3) is 16.9 Å². The van der Waals surface area contributed by atoms with Crippen molar-refractivity contribution < 1.29 is 14.3 Å². The predicted molar refractivity (Wildman–Crippen MR) is 103 cm³/mol. The summed E-state index contributed by atoms with van der Waals surface area (Å²) in [7, 11) is 1.62. The molecule has 0 radical (unpaired) electrons. The normalized spacial score (nSPS) is 10.6. The number of pyridine rings is 2. The van der Waals surface area contributed by atoms with Gasteiger partial charge in [-0.1, -0.05) is 6.07 Å². The predicted octanol–water partition coefficient (Wildman–Crippen LogP) is 3.11. The quantitative estimate of drug-likeness (QED) is 0.576. The van der Waals surface area contributed by atoms with E-state index in [1.165, 1.54) is 6.20 Å². The van der Waals surface area contributed by atoms with Crippen molar-refractivity contribution in [1.29, 1.82) is 0 Å². The fourth-order valence-corrected chi connectivity index (χ4v) is 2.69. The van der Waals surface area contributed by atoms with Crippen LogP contribution in [0, 0.1) is 0 Å². The molecule has 0 fully saturated rings. The third-order valence-electron chi connectivity index (χ3n) is 4.08. The van der Waals surface area contributed by atoms with E-state index in [4.69, 9.17) is 9.47 Å². The lowest BCUT2D eigenvalue weighted by molar-refractivity contribution is 0.200. The molecular formula is C20H17N5O3. The Hall–Kier alpha value is -3.94. The topological polar surface area (TPSA) is 91.2 Å². The number of nitrogens with zero attached hydrogens (tertiary/aromatic N) is 4. The molecule has 0 saturated carbocycles. The van der Waals surface area contributed by atoms with Crippen LogP contribution in [0.4, 0.5) is 4.79 Å². The second kappa shape index (κ2) is 7.75. The summed E-state index contributed by atoms with van der Waals surface area (Å²) in [5.74, 6) is 1.09. The van der Waals surface area contributed by atoms with Crippen molar-refractivity contribution in [2.24, 2.45) is 0 Å². The van der Waals surface area contributed by atoms with E-state index in [0.29, 0.717) is 23.5 Å². The number of rotatable bonds is 5. The van der Waals surface area contributed by atoms with Crippen LogP contribution in [-0.4, -0.2) is 32.7 Å². The van der Waals surface area contributed by atoms with Crippen molar-refractivity contribution >= 4 is 17.3 Å². The molecule has 4 rings (SSSR count). The maximum atomic E-state index is 12.0. The molecule has 8 heteroatoms. The van der Waals surface area contributed by atoms with Crippen molar-refractivity contribution in [3.05, 3.63) is 72.9 Å². The van der Waals surface area contributed by atoms with Crippen LogP contribution < -0.4 is 14.8 Å². The summed E-state index contributed by atoms with van der Waals surface area (Å²) in [5.41, 5.74) is 3.06. The van der Waals surface area contributed by atoms with Crippen LogP contribution in [-0.2, 0) is 6.54 Å². The number of amides is 1. The highest BCUT2D eigenvalue weighted by molar-refractivity contribution is 5.76. The summed E-state index contributed by atoms with van der Waals surface area (Å²) in [5, 5.41) is 2.67. The first kappa shape index (κ1) is 17.5. The smallest absolute Gasteiger partial charge is 0.412 e. The van der Waals surface area contributed by atoms with Gasteiger partial charge in [0.25, 0.3) is 0 Å². The van der Waals surface area contributed by atoms with Crippen molar-refractivity contribution in [3.63, 3.8) is 0 Å². The molecule has 140 valence electrons. The summed E-state index contributed by atoms with van der Waals surface area (Å²) in [6.45, 7) is 0.328. The van der Waals surface area contributed by atoms with Crippen LogP contribution in [0.3, 0.4) is 0 Å². The van der Waals surface area contributed by atoms with Gasteiger partial charge in [-0.15, -0.1) is 0 Å². The first-order valence-corrected chi connectivity index (χ1v) is 8.55. The Kier molecular flexibility index (Phi) is 4.83. The molecule has 0 aliphatic carbocycles. The Morgan fingerprint density at radius 2 is 1.96 bits per heavy atom. The number of aromatic nitrogens is 4. The van der Waals surface area contributed by atoms with Gasteiger partial charge in [-0.3, -0.25) is 9.55 Å². The molecule has 0 bridgehead atoms. The van der Waals surface area contributed by atoms with E-state index in [-0.39, 0.29) is 0 Å². The van der Waals surface area contributed by atoms with E-state index in [1.54, 1.807) is 38.0 Å². The SMILES string of the molecule is COc1ccc(-n2cnc3cc(OC(=O)NCc4cccnc4)cnc32)cc1. The molecule has 0 aliphatic heterocycles. The first-order chi connectivity index (χ1) is 13.7. The molecule has 1 aromatic carbocycles. The Morgan fingerprint density at radius 3 is 2.71 bits per heavy atom. The third kappa shape index (κ3) is 3.75. The highest BCUT2D eigenvalue weighted by Gasteiger charge is 2.10. The lowest BCUT2D eigenvalue weighted by Crippen LogP contribution is -2.26. The highest BCUT2D eigenvalue weighted by Crippen LogP contribution is 2.22. The lowest BCUT2D eigenvalue weighted by Gasteiger charge is -2.07. The second-order valence-electron chi connectivity index (χ2n) is 5.93. The van der Waals surface area contributed by atoms with Crippen LogP contribution in [0.5, 0.6) is 11.5 Å². The highest BCUT2D eigenvalue weighted by atomic mass is 16.6. The van der Waals surface area contributed by atoms with Gasteiger partial charge in [0.1, 0.15) is 17.6 Å². The molecule has 1 amide bonds. The molecule has 0 spiro atoms. The maximum Gasteiger partial charge on any atom is 0.412 e. The number of carbonyl (C=O) groups excluding carboxylic acids is 1. The molecule has 0 unspecified atom stereocenters. The Morgan fingerprint density at radius 1 is 1.11 bits per heavy atom. The van der Waals surface area contributed by atoms with E-state index in [9.17, 15) is 4.79 Å². The van der Waals surface area contributed by atoms with E-state index < -0.39 is 6.09 Å². The molecule has 1 N–H and O–H groups in total. The lowest BCUT2D eigenvalue weighted by atomic mass is 10.3. The number of benzene rings is 1. The van der Waals surface area contributed by atoms with E-state index in [0.717, 1.165) is 17.0 Å². The van der Waals surface area contributed by atoms with Crippen LogP contribution >= 0.6 is 0 Å². The van der Waals surface area contributed by atoms with E-state index in [1.807, 2.05) is 34.9 Å². The zero-order chi connectivity index (χ0) is 19.3. The van der Waals surface area contributed by atoms with E-state index >= 15 is 0 Å². The molecular weight excluding hydrogens is 358 g/mol. The summed E-state index contributed by atoms with van der Waals surface area (Å²) in [4.78, 5) is 24.7. The van der Waals surface area contributed by atoms with Gasteiger partial charge < -0.3 is 14.8 Å². The van der Waals surface area contributed by atoms with Gasteiger partial charge in [0.2, 0.25) is 0 Å². The fourth-order valence-electron chi connectivity index (χ4n) is 2.69. The second-order valence-corrected chi connectivity index (χ2v) is 5.93. The van der Waals surface area contributed by atoms with Gasteiger partial charge in [0, 0.05) is 30.7 Å². The molecule has 4 aromatic rings. The minimum absolute atomic E-state index is 0.316. The zero-order valence-electron chi connectivity index (χ0n) is 15.1. The van der Waals surface area contributed by atoms with Gasteiger partial charge in [-0.2, -0.15) is 0 Å². The number of carbonyl (C=O) groups is 1. The number of hydrogen-bond acceptors (Lipinski definition) is 6. The van der Waals surface area contributed by atoms with Gasteiger partial charge in [0.15, 0.2) is 11.4 Å². The summed E-state index contributed by atoms with van der Waals surface area (Å²) >= 11 is 0. The molecule has 8 nitrogen and oxygen atoms in total. The molecule has 3 heterocycles. The number of methoxy groups -OCH3 is 1. The Labute approximate surface area is 160 Å². The Balaban J connectivity index is 1.47. The standard InChI is InChI=1S/C20H17N5O3/c1-27-16-6-4-15(5-7-16)25-13-24-18-9-17(12-22-19(18)25)28-20(26)23-11-14-3-2-8-21-10-14/h2-10,12-13H,11H2,1H3,(H,23,26). The number of nitrogens with one attached hydrogen (secondary N) is 1. The molecule has 0 saturated heterocycles. The monoisotopic (exact) mass is 375 g/mol. The van der Waals surface area contributed by atoms with Gasteiger partial charge in [-0.25, -0.2) is 14.8 Å². The Bertz CT molecular complexity index is 1090. The zero-order valence-corrected chi connectivity index (χ0v) is 15.1.